The molecular weight excluding hydrogens is 572 g/mol. The van der Waals surface area contributed by atoms with Gasteiger partial charge in [-0.2, -0.15) is 0 Å². The van der Waals surface area contributed by atoms with Crippen LogP contribution in [0.5, 0.6) is 11.6 Å². The maximum absolute atomic E-state index is 6.55. The molecule has 0 saturated carbocycles. The Morgan fingerprint density at radius 1 is 0.652 bits per heavy atom. The fourth-order valence-electron chi connectivity index (χ4n) is 6.44. The van der Waals surface area contributed by atoms with Gasteiger partial charge in [-0.1, -0.05) is 60.7 Å². The smallest absolute Gasteiger partial charge is 0.219 e. The second kappa shape index (κ2) is 10.5. The molecule has 0 aliphatic carbocycles. The van der Waals surface area contributed by atoms with Crippen molar-refractivity contribution in [3.63, 3.8) is 0 Å². The number of ether oxygens (including phenoxy) is 1. The van der Waals surface area contributed by atoms with Gasteiger partial charge in [0.25, 0.3) is 0 Å². The molecule has 0 atom stereocenters. The van der Waals surface area contributed by atoms with Crippen molar-refractivity contribution in [1.82, 2.24) is 9.88 Å². The fourth-order valence-corrected chi connectivity index (χ4v) is 6.44. The van der Waals surface area contributed by atoms with E-state index in [-0.39, 0.29) is 0 Å². The molecule has 0 radical (unpaired) electrons. The molecule has 1 aliphatic rings. The van der Waals surface area contributed by atoms with Gasteiger partial charge in [-0.15, -0.1) is 0 Å². The molecule has 46 heavy (non-hydrogen) atoms. The molecule has 0 spiro atoms. The van der Waals surface area contributed by atoms with Gasteiger partial charge in [-0.05, 0) is 36.4 Å². The Morgan fingerprint density at radius 2 is 1.35 bits per heavy atom. The molecule has 5 aromatic carbocycles. The predicted molar refractivity (Wildman–Crippen MR) is 184 cm³/mol. The number of benzene rings is 5. The first-order valence-electron chi connectivity index (χ1n) is 15.2. The molecule has 0 saturated heterocycles. The van der Waals surface area contributed by atoms with Crippen LogP contribution in [-0.4, -0.2) is 23.6 Å². The minimum absolute atomic E-state index is 0.506. The molecule has 0 fully saturated rings. The van der Waals surface area contributed by atoms with Gasteiger partial charge >= 0.3 is 0 Å². The molecule has 9 rings (SSSR count). The summed E-state index contributed by atoms with van der Waals surface area (Å²) in [5, 5.41) is 4.17. The second-order valence-electron chi connectivity index (χ2n) is 11.5. The summed E-state index contributed by atoms with van der Waals surface area (Å²) < 4.78 is 19.3. The lowest BCUT2D eigenvalue weighted by atomic mass is 10.1. The van der Waals surface area contributed by atoms with Crippen molar-refractivity contribution >= 4 is 66.6 Å². The number of rotatable bonds is 6. The minimum Gasteiger partial charge on any atom is -0.456 e. The normalized spacial score (nSPS) is 13.1. The van der Waals surface area contributed by atoms with Gasteiger partial charge in [0.15, 0.2) is 0 Å². The van der Waals surface area contributed by atoms with E-state index in [1.807, 2.05) is 60.7 Å². The molecule has 0 amide bonds. The van der Waals surface area contributed by atoms with Gasteiger partial charge < -0.3 is 28.3 Å². The van der Waals surface area contributed by atoms with E-state index < -0.39 is 0 Å². The Balaban J connectivity index is 1.35. The standard InChI is InChI=1S/C39H28N4O3/c1-41-19-20-42(25-41)31-21-27(22-35-38(31)29-13-5-7-15-33(29)45-35)43(26-11-3-2-4-12-26)32-23-28(44-37-17-9-10-18-40-37)24-36-39(32)30-14-6-8-16-34(30)46-36/h2-24H,25H2,1H3. The number of para-hydroxylation sites is 3. The van der Waals surface area contributed by atoms with E-state index in [1.165, 1.54) is 0 Å². The van der Waals surface area contributed by atoms with Crippen molar-refractivity contribution in [2.24, 2.45) is 0 Å². The van der Waals surface area contributed by atoms with E-state index in [0.29, 0.717) is 11.6 Å². The van der Waals surface area contributed by atoms with Crippen molar-refractivity contribution in [2.45, 2.75) is 0 Å². The molecule has 1 aliphatic heterocycles. The highest BCUT2D eigenvalue weighted by molar-refractivity contribution is 6.16. The Morgan fingerprint density at radius 3 is 2.07 bits per heavy atom. The summed E-state index contributed by atoms with van der Waals surface area (Å²) in [6, 6.07) is 40.8. The molecular formula is C39H28N4O3. The number of furan rings is 2. The van der Waals surface area contributed by atoms with Crippen molar-refractivity contribution in [2.75, 3.05) is 23.5 Å². The van der Waals surface area contributed by atoms with Crippen LogP contribution in [0.4, 0.5) is 22.7 Å². The molecule has 8 aromatic rings. The summed E-state index contributed by atoms with van der Waals surface area (Å²) in [4.78, 5) is 11.1. The van der Waals surface area contributed by atoms with Crippen LogP contribution >= 0.6 is 0 Å². The minimum atomic E-state index is 0.506. The average molecular weight is 601 g/mol. The van der Waals surface area contributed by atoms with Crippen LogP contribution in [0, 0.1) is 0 Å². The SMILES string of the molecule is CN1C=CN(c2cc(N(c3ccccc3)c3cc(Oc4ccccn4)cc4oc5ccccc5c34)cc3oc4ccccc4c23)C1. The molecule has 0 bridgehead atoms. The van der Waals surface area contributed by atoms with Gasteiger partial charge in [0, 0.05) is 66.4 Å². The topological polar surface area (TPSA) is 58.1 Å². The summed E-state index contributed by atoms with van der Waals surface area (Å²) in [6.45, 7) is 0.730. The molecule has 0 unspecified atom stereocenters. The number of fused-ring (bicyclic) bond motifs is 6. The Kier molecular flexibility index (Phi) is 5.96. The van der Waals surface area contributed by atoms with Gasteiger partial charge in [-0.25, -0.2) is 4.98 Å². The van der Waals surface area contributed by atoms with E-state index in [2.05, 4.69) is 99.8 Å². The number of hydrogen-bond acceptors (Lipinski definition) is 7. The lowest BCUT2D eigenvalue weighted by Gasteiger charge is -2.28. The summed E-state index contributed by atoms with van der Waals surface area (Å²) in [7, 11) is 2.08. The summed E-state index contributed by atoms with van der Waals surface area (Å²) in [6.07, 6.45) is 5.94. The van der Waals surface area contributed by atoms with Crippen molar-refractivity contribution < 1.29 is 13.6 Å². The number of anilines is 4. The zero-order valence-corrected chi connectivity index (χ0v) is 25.0. The third-order valence-corrected chi connectivity index (χ3v) is 8.43. The molecule has 222 valence electrons. The zero-order chi connectivity index (χ0) is 30.6. The Hall–Kier alpha value is -6.21. The molecule has 7 nitrogen and oxygen atoms in total. The van der Waals surface area contributed by atoms with Gasteiger partial charge in [0.2, 0.25) is 5.88 Å². The largest absolute Gasteiger partial charge is 0.456 e. The van der Waals surface area contributed by atoms with E-state index in [1.54, 1.807) is 6.20 Å². The Labute approximate surface area is 264 Å². The maximum atomic E-state index is 6.55. The second-order valence-corrected chi connectivity index (χ2v) is 11.5. The summed E-state index contributed by atoms with van der Waals surface area (Å²) >= 11 is 0. The molecule has 0 N–H and O–H groups in total. The van der Waals surface area contributed by atoms with Crippen LogP contribution < -0.4 is 14.5 Å². The lowest BCUT2D eigenvalue weighted by Crippen LogP contribution is -2.22. The Bertz CT molecular complexity index is 2410. The van der Waals surface area contributed by atoms with E-state index in [9.17, 15) is 0 Å². The number of aromatic nitrogens is 1. The predicted octanol–water partition coefficient (Wildman–Crippen LogP) is 10.3. The zero-order valence-electron chi connectivity index (χ0n) is 25.0. The quantitative estimate of drug-likeness (QED) is 0.188. The highest BCUT2D eigenvalue weighted by atomic mass is 16.5. The van der Waals surface area contributed by atoms with Crippen LogP contribution in [0.2, 0.25) is 0 Å². The van der Waals surface area contributed by atoms with Crippen LogP contribution in [0.3, 0.4) is 0 Å². The van der Waals surface area contributed by atoms with Crippen LogP contribution in [-0.2, 0) is 0 Å². The number of hydrogen-bond donors (Lipinski definition) is 0. The first-order chi connectivity index (χ1) is 22.7. The van der Waals surface area contributed by atoms with E-state index >= 15 is 0 Å². The molecule has 4 heterocycles. The van der Waals surface area contributed by atoms with Crippen LogP contribution in [0.1, 0.15) is 0 Å². The highest BCUT2D eigenvalue weighted by Gasteiger charge is 2.25. The van der Waals surface area contributed by atoms with Gasteiger partial charge in [0.05, 0.1) is 34.5 Å². The van der Waals surface area contributed by atoms with E-state index in [0.717, 1.165) is 73.3 Å². The lowest BCUT2D eigenvalue weighted by molar-refractivity contribution is 0.463. The molecule has 3 aromatic heterocycles. The third-order valence-electron chi connectivity index (χ3n) is 8.43. The van der Waals surface area contributed by atoms with Crippen molar-refractivity contribution in [3.05, 3.63) is 140 Å². The van der Waals surface area contributed by atoms with E-state index in [4.69, 9.17) is 13.6 Å². The first kappa shape index (κ1) is 26.2. The maximum Gasteiger partial charge on any atom is 0.219 e. The third kappa shape index (κ3) is 4.32. The molecule has 7 heteroatoms. The average Bonchev–Trinajstić information content (AvgIpc) is 3.80. The highest BCUT2D eigenvalue weighted by Crippen LogP contribution is 2.48. The fraction of sp³-hybridized carbons (Fsp3) is 0.0513. The summed E-state index contributed by atoms with van der Waals surface area (Å²) in [5.74, 6) is 1.13. The van der Waals surface area contributed by atoms with Crippen molar-refractivity contribution in [3.8, 4) is 11.6 Å². The monoisotopic (exact) mass is 600 g/mol. The first-order valence-corrected chi connectivity index (χ1v) is 15.2. The summed E-state index contributed by atoms with van der Waals surface area (Å²) in [5.41, 5.74) is 7.10. The number of pyridine rings is 1. The van der Waals surface area contributed by atoms with Crippen molar-refractivity contribution in [1.29, 1.82) is 0 Å². The number of nitrogens with zero attached hydrogens (tertiary/aromatic N) is 4. The van der Waals surface area contributed by atoms with Crippen LogP contribution in [0.15, 0.2) is 149 Å². The van der Waals surface area contributed by atoms with Crippen LogP contribution in [0.25, 0.3) is 43.9 Å². The van der Waals surface area contributed by atoms with Gasteiger partial charge in [0.1, 0.15) is 28.1 Å². The van der Waals surface area contributed by atoms with Gasteiger partial charge in [-0.3, -0.25) is 0 Å².